The molecular formula is C28H30O3. The number of aromatic carboxylic acids is 1. The van der Waals surface area contributed by atoms with Gasteiger partial charge in [0.2, 0.25) is 0 Å². The van der Waals surface area contributed by atoms with E-state index in [1.54, 1.807) is 12.1 Å². The number of carboxylic acid groups (broad SMARTS) is 1. The summed E-state index contributed by atoms with van der Waals surface area (Å²) in [4.78, 5) is 11.1. The van der Waals surface area contributed by atoms with E-state index in [9.17, 15) is 4.79 Å². The van der Waals surface area contributed by atoms with Gasteiger partial charge in [-0.3, -0.25) is 0 Å². The number of fused-ring (bicyclic) bond motifs is 1. The zero-order chi connectivity index (χ0) is 22.0. The first-order valence-corrected chi connectivity index (χ1v) is 11.0. The lowest BCUT2D eigenvalue weighted by Gasteiger charge is -2.36. The second-order valence-corrected chi connectivity index (χ2v) is 9.35. The molecule has 1 atom stereocenters. The van der Waals surface area contributed by atoms with Gasteiger partial charge in [0.1, 0.15) is 11.4 Å². The second-order valence-electron chi connectivity index (χ2n) is 9.35. The fourth-order valence-corrected chi connectivity index (χ4v) is 4.38. The quantitative estimate of drug-likeness (QED) is 0.496. The third kappa shape index (κ3) is 4.99. The molecule has 0 amide bonds. The molecule has 0 fully saturated rings. The topological polar surface area (TPSA) is 46.5 Å². The Kier molecular flexibility index (Phi) is 5.86. The molecule has 160 valence electrons. The van der Waals surface area contributed by atoms with Crippen LogP contribution in [0.2, 0.25) is 0 Å². The van der Waals surface area contributed by atoms with Crippen molar-refractivity contribution in [2.24, 2.45) is 5.92 Å². The van der Waals surface area contributed by atoms with Crippen molar-refractivity contribution in [3.8, 4) is 16.9 Å². The number of hydrogen-bond donors (Lipinski definition) is 1. The van der Waals surface area contributed by atoms with Crippen LogP contribution in [0.3, 0.4) is 0 Å². The zero-order valence-corrected chi connectivity index (χ0v) is 18.5. The first-order chi connectivity index (χ1) is 14.8. The van der Waals surface area contributed by atoms with E-state index < -0.39 is 5.97 Å². The Bertz CT molecular complexity index is 1060. The van der Waals surface area contributed by atoms with Crippen LogP contribution in [0.5, 0.6) is 5.75 Å². The van der Waals surface area contributed by atoms with Gasteiger partial charge in [-0.2, -0.15) is 0 Å². The number of carbonyl (C=O) groups is 1. The third-order valence-corrected chi connectivity index (χ3v) is 6.06. The van der Waals surface area contributed by atoms with E-state index in [2.05, 4.69) is 63.2 Å². The summed E-state index contributed by atoms with van der Waals surface area (Å²) in [7, 11) is 0. The van der Waals surface area contributed by atoms with Crippen LogP contribution in [0, 0.1) is 5.92 Å². The van der Waals surface area contributed by atoms with Crippen molar-refractivity contribution in [3.05, 3.63) is 89.0 Å². The molecule has 4 rings (SSSR count). The highest BCUT2D eigenvalue weighted by Crippen LogP contribution is 2.38. The van der Waals surface area contributed by atoms with Crippen LogP contribution < -0.4 is 4.74 Å². The van der Waals surface area contributed by atoms with Gasteiger partial charge in [0, 0.05) is 6.42 Å². The standard InChI is InChI=1S/C28H30O3/c1-19(2)16-20-4-6-21(7-5-20)18-28(3)15-14-23-10-13-25(17-26(23)31-28)22-8-11-24(12-9-22)27(29)30/h4-13,17,19H,14-16,18H2,1-3H3,(H,29,30). The molecule has 1 unspecified atom stereocenters. The first-order valence-electron chi connectivity index (χ1n) is 11.0. The summed E-state index contributed by atoms with van der Waals surface area (Å²) in [5.41, 5.74) is 6.01. The van der Waals surface area contributed by atoms with E-state index in [0.29, 0.717) is 11.5 Å². The molecule has 1 heterocycles. The van der Waals surface area contributed by atoms with Crippen molar-refractivity contribution in [3.63, 3.8) is 0 Å². The molecular weight excluding hydrogens is 384 g/mol. The summed E-state index contributed by atoms with van der Waals surface area (Å²) in [5, 5.41) is 9.12. The van der Waals surface area contributed by atoms with Crippen LogP contribution in [0.1, 0.15) is 54.2 Å². The summed E-state index contributed by atoms with van der Waals surface area (Å²) in [6, 6.07) is 22.3. The Balaban J connectivity index is 1.51. The lowest BCUT2D eigenvalue weighted by Crippen LogP contribution is -2.38. The summed E-state index contributed by atoms with van der Waals surface area (Å²) >= 11 is 0. The number of aryl methyl sites for hydroxylation is 1. The summed E-state index contributed by atoms with van der Waals surface area (Å²) in [6.07, 6.45) is 3.97. The fraction of sp³-hybridized carbons (Fsp3) is 0.321. The Hall–Kier alpha value is -3.07. The number of ether oxygens (including phenoxy) is 1. The zero-order valence-electron chi connectivity index (χ0n) is 18.5. The van der Waals surface area contributed by atoms with E-state index in [4.69, 9.17) is 9.84 Å². The minimum atomic E-state index is -0.909. The highest BCUT2D eigenvalue weighted by atomic mass is 16.5. The Morgan fingerprint density at radius 2 is 1.61 bits per heavy atom. The molecule has 3 heteroatoms. The lowest BCUT2D eigenvalue weighted by molar-refractivity contribution is 0.0654. The minimum absolute atomic E-state index is 0.238. The van der Waals surface area contributed by atoms with Gasteiger partial charge in [0.25, 0.3) is 0 Å². The molecule has 0 bridgehead atoms. The highest BCUT2D eigenvalue weighted by molar-refractivity contribution is 5.88. The van der Waals surface area contributed by atoms with E-state index in [1.165, 1.54) is 16.7 Å². The number of rotatable bonds is 6. The van der Waals surface area contributed by atoms with Gasteiger partial charge in [-0.1, -0.05) is 62.4 Å². The number of carboxylic acids is 1. The minimum Gasteiger partial charge on any atom is -0.487 e. The molecule has 1 N–H and O–H groups in total. The van der Waals surface area contributed by atoms with Crippen molar-refractivity contribution in [2.75, 3.05) is 0 Å². The normalized spacial score (nSPS) is 17.8. The Morgan fingerprint density at radius 1 is 0.968 bits per heavy atom. The van der Waals surface area contributed by atoms with Crippen molar-refractivity contribution >= 4 is 5.97 Å². The van der Waals surface area contributed by atoms with Gasteiger partial charge in [-0.25, -0.2) is 4.79 Å². The molecule has 1 aliphatic rings. The van der Waals surface area contributed by atoms with Crippen LogP contribution in [-0.2, 0) is 19.3 Å². The Morgan fingerprint density at radius 3 is 2.26 bits per heavy atom. The summed E-state index contributed by atoms with van der Waals surface area (Å²) in [6.45, 7) is 6.69. The molecule has 3 nitrogen and oxygen atoms in total. The largest absolute Gasteiger partial charge is 0.487 e. The van der Waals surface area contributed by atoms with Crippen LogP contribution in [0.25, 0.3) is 11.1 Å². The van der Waals surface area contributed by atoms with Crippen molar-refractivity contribution in [2.45, 2.75) is 52.1 Å². The van der Waals surface area contributed by atoms with Gasteiger partial charge in [-0.15, -0.1) is 0 Å². The molecule has 0 saturated carbocycles. The number of benzene rings is 3. The summed E-state index contributed by atoms with van der Waals surface area (Å²) in [5.74, 6) is 0.689. The Labute approximate surface area is 184 Å². The van der Waals surface area contributed by atoms with Gasteiger partial charge in [0.15, 0.2) is 0 Å². The van der Waals surface area contributed by atoms with Crippen LogP contribution in [-0.4, -0.2) is 16.7 Å². The molecule has 31 heavy (non-hydrogen) atoms. The van der Waals surface area contributed by atoms with Crippen molar-refractivity contribution in [1.29, 1.82) is 0 Å². The number of hydrogen-bond acceptors (Lipinski definition) is 2. The van der Waals surface area contributed by atoms with E-state index in [1.807, 2.05) is 12.1 Å². The van der Waals surface area contributed by atoms with E-state index >= 15 is 0 Å². The van der Waals surface area contributed by atoms with Crippen LogP contribution in [0.4, 0.5) is 0 Å². The molecule has 0 radical (unpaired) electrons. The molecule has 0 aromatic heterocycles. The average molecular weight is 415 g/mol. The molecule has 0 aliphatic carbocycles. The third-order valence-electron chi connectivity index (χ3n) is 6.06. The van der Waals surface area contributed by atoms with Gasteiger partial charge in [0.05, 0.1) is 5.56 Å². The van der Waals surface area contributed by atoms with Gasteiger partial charge < -0.3 is 9.84 Å². The fourth-order valence-electron chi connectivity index (χ4n) is 4.38. The maximum Gasteiger partial charge on any atom is 0.335 e. The maximum absolute atomic E-state index is 11.1. The van der Waals surface area contributed by atoms with Crippen molar-refractivity contribution < 1.29 is 14.6 Å². The lowest BCUT2D eigenvalue weighted by atomic mass is 9.86. The molecule has 1 aliphatic heterocycles. The summed E-state index contributed by atoms with van der Waals surface area (Å²) < 4.78 is 6.55. The van der Waals surface area contributed by atoms with Gasteiger partial charge in [-0.05, 0) is 78.1 Å². The van der Waals surface area contributed by atoms with Crippen LogP contribution >= 0.6 is 0 Å². The average Bonchev–Trinajstić information content (AvgIpc) is 2.74. The maximum atomic E-state index is 11.1. The predicted molar refractivity (Wildman–Crippen MR) is 125 cm³/mol. The van der Waals surface area contributed by atoms with Gasteiger partial charge >= 0.3 is 5.97 Å². The first kappa shape index (κ1) is 21.2. The highest BCUT2D eigenvalue weighted by Gasteiger charge is 2.32. The van der Waals surface area contributed by atoms with E-state index in [0.717, 1.165) is 42.6 Å². The molecule has 0 saturated heterocycles. The van der Waals surface area contributed by atoms with Crippen molar-refractivity contribution in [1.82, 2.24) is 0 Å². The smallest absolute Gasteiger partial charge is 0.335 e. The predicted octanol–water partition coefficient (Wildman–Crippen LogP) is 6.58. The molecule has 3 aromatic rings. The van der Waals surface area contributed by atoms with E-state index in [-0.39, 0.29) is 5.60 Å². The molecule has 0 spiro atoms. The van der Waals surface area contributed by atoms with Crippen LogP contribution in [0.15, 0.2) is 66.7 Å². The SMILES string of the molecule is CC(C)Cc1ccc(CC2(C)CCc3ccc(-c4ccc(C(=O)O)cc4)cc3O2)cc1. The molecule has 3 aromatic carbocycles. The second kappa shape index (κ2) is 8.58. The monoisotopic (exact) mass is 414 g/mol.